The first kappa shape index (κ1) is 20.7. The van der Waals surface area contributed by atoms with E-state index in [1.807, 2.05) is 53.4 Å². The van der Waals surface area contributed by atoms with Crippen molar-refractivity contribution in [2.24, 2.45) is 0 Å². The average molecular weight is 446 g/mol. The Kier molecular flexibility index (Phi) is 5.90. The van der Waals surface area contributed by atoms with Crippen molar-refractivity contribution in [3.63, 3.8) is 0 Å². The first-order valence-electron chi connectivity index (χ1n) is 11.2. The summed E-state index contributed by atoms with van der Waals surface area (Å²) in [5.74, 6) is -0.0917. The number of carbonyl (C=O) groups excluding carboxylic acids is 1. The molecule has 164 valence electrons. The maximum atomic E-state index is 13.0. The van der Waals surface area contributed by atoms with Gasteiger partial charge in [-0.2, -0.15) is 0 Å². The molecule has 1 saturated heterocycles. The highest BCUT2D eigenvalue weighted by Gasteiger charge is 2.42. The Hall–Kier alpha value is -3.19. The van der Waals surface area contributed by atoms with Crippen molar-refractivity contribution in [3.8, 4) is 0 Å². The van der Waals surface area contributed by atoms with Gasteiger partial charge in [0.15, 0.2) is 5.11 Å². The Labute approximate surface area is 193 Å². The molecule has 32 heavy (non-hydrogen) atoms. The third-order valence-electron chi connectivity index (χ3n) is 6.40. The standard InChI is InChI=1S/C25H27N5OS/c31-22(27-18-9-2-1-3-10-18)17-30-24(21-14-8-16-29(21)19-11-4-5-12-19)23(28-25(30)32)20-13-6-7-15-26-20/h1-3,6-10,13-16,19,23-24H,4-5,11-12,17H2,(H,27,31)(H,28,32)/t23-,24-/m0/s1. The maximum absolute atomic E-state index is 13.0. The van der Waals surface area contributed by atoms with E-state index in [2.05, 4.69) is 38.5 Å². The van der Waals surface area contributed by atoms with E-state index in [4.69, 9.17) is 12.2 Å². The van der Waals surface area contributed by atoms with E-state index in [9.17, 15) is 4.79 Å². The summed E-state index contributed by atoms with van der Waals surface area (Å²) >= 11 is 5.73. The summed E-state index contributed by atoms with van der Waals surface area (Å²) in [6.07, 6.45) is 8.87. The number of rotatable bonds is 6. The van der Waals surface area contributed by atoms with Crippen LogP contribution in [0.15, 0.2) is 73.1 Å². The maximum Gasteiger partial charge on any atom is 0.244 e. The lowest BCUT2D eigenvalue weighted by atomic mass is 10.0. The van der Waals surface area contributed by atoms with Crippen molar-refractivity contribution in [2.75, 3.05) is 11.9 Å². The number of pyridine rings is 1. The summed E-state index contributed by atoms with van der Waals surface area (Å²) in [6, 6.07) is 20.0. The molecule has 2 aliphatic rings. The molecule has 1 aliphatic heterocycles. The minimum absolute atomic E-state index is 0.0917. The molecule has 3 aromatic rings. The smallest absolute Gasteiger partial charge is 0.244 e. The molecule has 0 unspecified atom stereocenters. The monoisotopic (exact) mass is 445 g/mol. The molecule has 6 nitrogen and oxygen atoms in total. The molecule has 0 bridgehead atoms. The zero-order valence-corrected chi connectivity index (χ0v) is 18.7. The van der Waals surface area contributed by atoms with Crippen molar-refractivity contribution >= 4 is 28.9 Å². The molecular weight excluding hydrogens is 418 g/mol. The summed E-state index contributed by atoms with van der Waals surface area (Å²) in [4.78, 5) is 19.6. The van der Waals surface area contributed by atoms with E-state index in [0.717, 1.165) is 11.4 Å². The van der Waals surface area contributed by atoms with Crippen molar-refractivity contribution in [2.45, 2.75) is 43.8 Å². The molecule has 1 saturated carbocycles. The Morgan fingerprint density at radius 2 is 1.84 bits per heavy atom. The highest BCUT2D eigenvalue weighted by molar-refractivity contribution is 7.80. The van der Waals surface area contributed by atoms with Gasteiger partial charge in [-0.15, -0.1) is 0 Å². The van der Waals surface area contributed by atoms with Gasteiger partial charge in [-0.25, -0.2) is 0 Å². The zero-order chi connectivity index (χ0) is 21.9. The number of carbonyl (C=O) groups is 1. The lowest BCUT2D eigenvalue weighted by molar-refractivity contribution is -0.116. The van der Waals surface area contributed by atoms with Crippen LogP contribution in [0.2, 0.25) is 0 Å². The quantitative estimate of drug-likeness (QED) is 0.543. The molecule has 2 aromatic heterocycles. The second-order valence-corrected chi connectivity index (χ2v) is 8.83. The molecule has 1 aromatic carbocycles. The first-order valence-corrected chi connectivity index (χ1v) is 11.6. The van der Waals surface area contributed by atoms with E-state index in [1.165, 1.54) is 31.4 Å². The molecular formula is C25H27N5OS. The molecule has 2 fully saturated rings. The van der Waals surface area contributed by atoms with Gasteiger partial charge in [0, 0.05) is 29.8 Å². The van der Waals surface area contributed by atoms with Gasteiger partial charge in [-0.1, -0.05) is 37.1 Å². The molecule has 5 rings (SSSR count). The lowest BCUT2D eigenvalue weighted by Gasteiger charge is -2.30. The van der Waals surface area contributed by atoms with Gasteiger partial charge >= 0.3 is 0 Å². The van der Waals surface area contributed by atoms with Crippen LogP contribution in [0.25, 0.3) is 0 Å². The lowest BCUT2D eigenvalue weighted by Crippen LogP contribution is -2.37. The largest absolute Gasteiger partial charge is 0.352 e. The van der Waals surface area contributed by atoms with Crippen LogP contribution in [0.4, 0.5) is 5.69 Å². The van der Waals surface area contributed by atoms with Crippen LogP contribution in [0.3, 0.4) is 0 Å². The summed E-state index contributed by atoms with van der Waals surface area (Å²) in [5, 5.41) is 7.01. The van der Waals surface area contributed by atoms with Crippen molar-refractivity contribution in [3.05, 3.63) is 84.4 Å². The molecule has 1 amide bonds. The van der Waals surface area contributed by atoms with Gasteiger partial charge in [-0.3, -0.25) is 9.78 Å². The average Bonchev–Trinajstić information content (AvgIpc) is 3.56. The van der Waals surface area contributed by atoms with Gasteiger partial charge in [0.1, 0.15) is 6.54 Å². The predicted molar refractivity (Wildman–Crippen MR) is 129 cm³/mol. The number of hydrogen-bond acceptors (Lipinski definition) is 3. The summed E-state index contributed by atoms with van der Waals surface area (Å²) in [5.41, 5.74) is 2.88. The van der Waals surface area contributed by atoms with Gasteiger partial charge in [-0.05, 0) is 61.5 Å². The Bertz CT molecular complexity index is 1080. The minimum Gasteiger partial charge on any atom is -0.352 e. The van der Waals surface area contributed by atoms with Gasteiger partial charge in [0.05, 0.1) is 17.8 Å². The van der Waals surface area contributed by atoms with E-state index in [1.54, 1.807) is 6.20 Å². The summed E-state index contributed by atoms with van der Waals surface area (Å²) < 4.78 is 2.39. The normalized spacial score (nSPS) is 21.0. The number of amides is 1. The van der Waals surface area contributed by atoms with E-state index in [-0.39, 0.29) is 24.5 Å². The predicted octanol–water partition coefficient (Wildman–Crippen LogP) is 4.61. The fourth-order valence-electron chi connectivity index (χ4n) is 4.95. The Morgan fingerprint density at radius 3 is 2.59 bits per heavy atom. The third kappa shape index (κ3) is 4.12. The summed E-state index contributed by atoms with van der Waals surface area (Å²) in [7, 11) is 0. The first-order chi connectivity index (χ1) is 15.7. The van der Waals surface area contributed by atoms with Crippen LogP contribution in [-0.4, -0.2) is 32.0 Å². The highest BCUT2D eigenvalue weighted by Crippen LogP contribution is 2.41. The number of anilines is 1. The number of aromatic nitrogens is 2. The number of nitrogens with zero attached hydrogens (tertiary/aromatic N) is 3. The second kappa shape index (κ2) is 9.12. The van der Waals surface area contributed by atoms with Gasteiger partial charge in [0.2, 0.25) is 5.91 Å². The summed E-state index contributed by atoms with van der Waals surface area (Å²) in [6.45, 7) is 0.171. The van der Waals surface area contributed by atoms with Crippen molar-refractivity contribution in [1.29, 1.82) is 0 Å². The van der Waals surface area contributed by atoms with E-state index >= 15 is 0 Å². The van der Waals surface area contributed by atoms with Crippen LogP contribution >= 0.6 is 12.2 Å². The molecule has 3 heterocycles. The molecule has 0 radical (unpaired) electrons. The van der Waals surface area contributed by atoms with Crippen LogP contribution in [0.1, 0.15) is 55.2 Å². The minimum atomic E-state index is -0.122. The molecule has 2 N–H and O–H groups in total. The van der Waals surface area contributed by atoms with Gasteiger partial charge in [0.25, 0.3) is 0 Å². The van der Waals surface area contributed by atoms with E-state index in [0.29, 0.717) is 11.2 Å². The molecule has 0 spiro atoms. The second-order valence-electron chi connectivity index (χ2n) is 8.45. The van der Waals surface area contributed by atoms with Crippen molar-refractivity contribution < 1.29 is 4.79 Å². The van der Waals surface area contributed by atoms with E-state index < -0.39 is 0 Å². The van der Waals surface area contributed by atoms with Crippen LogP contribution in [-0.2, 0) is 4.79 Å². The zero-order valence-electron chi connectivity index (χ0n) is 17.9. The number of thiocarbonyl (C=S) groups is 1. The topological polar surface area (TPSA) is 62.2 Å². The third-order valence-corrected chi connectivity index (χ3v) is 6.75. The number of para-hydroxylation sites is 1. The molecule has 1 aliphatic carbocycles. The molecule has 2 atom stereocenters. The van der Waals surface area contributed by atoms with Crippen molar-refractivity contribution in [1.82, 2.24) is 19.8 Å². The number of hydrogen-bond donors (Lipinski definition) is 2. The van der Waals surface area contributed by atoms with Crippen LogP contribution in [0.5, 0.6) is 0 Å². The SMILES string of the molecule is O=C(CN1C(=S)N[C@@H](c2ccccn2)[C@@H]1c1cccn1C1CCCC1)Nc1ccccc1. The van der Waals surface area contributed by atoms with Crippen LogP contribution in [0, 0.1) is 0 Å². The van der Waals surface area contributed by atoms with Crippen LogP contribution < -0.4 is 10.6 Å². The Balaban J connectivity index is 1.47. The number of nitrogens with one attached hydrogen (secondary N) is 2. The molecule has 7 heteroatoms. The number of benzene rings is 1. The fourth-order valence-corrected chi connectivity index (χ4v) is 5.25. The van der Waals surface area contributed by atoms with Gasteiger partial charge < -0.3 is 20.1 Å². The Morgan fingerprint density at radius 1 is 1.06 bits per heavy atom. The fraction of sp³-hybridized carbons (Fsp3) is 0.320. The highest BCUT2D eigenvalue weighted by atomic mass is 32.1.